The van der Waals surface area contributed by atoms with Crippen LogP contribution in [0.15, 0.2) is 78.9 Å². The number of rotatable bonds is 19. The van der Waals surface area contributed by atoms with Crippen molar-refractivity contribution < 1.29 is 33.6 Å². The summed E-state index contributed by atoms with van der Waals surface area (Å²) in [5, 5.41) is 17.4. The van der Waals surface area contributed by atoms with Crippen molar-refractivity contribution >= 4 is 16.9 Å². The molecule has 51 heavy (non-hydrogen) atoms. The maximum atomic E-state index is 12.5. The lowest BCUT2D eigenvalue weighted by Crippen LogP contribution is -2.44. The third kappa shape index (κ3) is 16.8. The summed E-state index contributed by atoms with van der Waals surface area (Å²) in [7, 11) is 0. The summed E-state index contributed by atoms with van der Waals surface area (Å²) >= 11 is 0. The molecule has 0 spiro atoms. The van der Waals surface area contributed by atoms with E-state index in [4.69, 9.17) is 23.7 Å². The second-order valence-corrected chi connectivity index (χ2v) is 14.1. The Kier molecular flexibility index (Phi) is 17.4. The molecule has 4 aromatic rings. The molecule has 0 saturated heterocycles. The number of ether oxygens (including phenoxy) is 5. The minimum absolute atomic E-state index is 0.0881. The molecule has 0 fully saturated rings. The van der Waals surface area contributed by atoms with Gasteiger partial charge in [-0.2, -0.15) is 0 Å². The van der Waals surface area contributed by atoms with Gasteiger partial charge >= 0.3 is 5.97 Å². The van der Waals surface area contributed by atoms with Crippen LogP contribution in [-0.4, -0.2) is 85.5 Å². The molecule has 10 nitrogen and oxygen atoms in total. The van der Waals surface area contributed by atoms with Gasteiger partial charge < -0.3 is 44.4 Å². The van der Waals surface area contributed by atoms with Gasteiger partial charge in [0.05, 0.1) is 31.5 Å². The Hall–Kier alpha value is -3.93. The summed E-state index contributed by atoms with van der Waals surface area (Å²) in [6.45, 7) is 19.7. The van der Waals surface area contributed by atoms with E-state index in [0.29, 0.717) is 44.5 Å². The maximum Gasteiger partial charge on any atom is 0.338 e. The molecule has 0 amide bonds. The number of fused-ring (bicyclic) bond motifs is 1. The van der Waals surface area contributed by atoms with Crippen molar-refractivity contribution in [1.29, 1.82) is 0 Å². The molecule has 2 unspecified atom stereocenters. The number of aromatic nitrogens is 1. The van der Waals surface area contributed by atoms with E-state index in [1.807, 2.05) is 95.3 Å². The molecule has 280 valence electrons. The predicted octanol–water partition coefficient (Wildman–Crippen LogP) is 6.83. The quantitative estimate of drug-likeness (QED) is 0.0614. The molecule has 0 aliphatic heterocycles. The highest BCUT2D eigenvalue weighted by molar-refractivity contribution is 5.89. The maximum absolute atomic E-state index is 12.5. The van der Waals surface area contributed by atoms with Crippen LogP contribution in [0.25, 0.3) is 10.9 Å². The highest BCUT2D eigenvalue weighted by Crippen LogP contribution is 2.26. The molecule has 2 atom stereocenters. The number of aliphatic hydroxyl groups is 1. The predicted molar refractivity (Wildman–Crippen MR) is 204 cm³/mol. The first-order chi connectivity index (χ1) is 24.3. The fourth-order valence-corrected chi connectivity index (χ4v) is 4.76. The van der Waals surface area contributed by atoms with Gasteiger partial charge in [0.2, 0.25) is 0 Å². The molecule has 0 aliphatic rings. The van der Waals surface area contributed by atoms with Crippen molar-refractivity contribution in [2.45, 2.75) is 91.9 Å². The molecule has 1 heterocycles. The van der Waals surface area contributed by atoms with Gasteiger partial charge in [-0.15, -0.1) is 0 Å². The number of aliphatic hydroxyl groups excluding tert-OH is 1. The van der Waals surface area contributed by atoms with Crippen LogP contribution in [-0.2, 0) is 20.8 Å². The van der Waals surface area contributed by atoms with Crippen LogP contribution >= 0.6 is 0 Å². The van der Waals surface area contributed by atoms with Crippen LogP contribution in [0.5, 0.6) is 11.5 Å². The van der Waals surface area contributed by atoms with Gasteiger partial charge in [0, 0.05) is 41.3 Å². The smallest absolute Gasteiger partial charge is 0.338 e. The summed E-state index contributed by atoms with van der Waals surface area (Å²) < 4.78 is 28.3. The van der Waals surface area contributed by atoms with Gasteiger partial charge in [0.25, 0.3) is 0 Å². The van der Waals surface area contributed by atoms with Crippen molar-refractivity contribution in [1.82, 2.24) is 15.6 Å². The van der Waals surface area contributed by atoms with Crippen molar-refractivity contribution in [3.05, 3.63) is 95.7 Å². The normalized spacial score (nSPS) is 12.8. The number of esters is 1. The number of hydrogen-bond acceptors (Lipinski definition) is 9. The van der Waals surface area contributed by atoms with Crippen LogP contribution < -0.4 is 20.1 Å². The van der Waals surface area contributed by atoms with E-state index >= 15 is 0 Å². The summed E-state index contributed by atoms with van der Waals surface area (Å²) in [5.41, 5.74) is 3.64. The van der Waals surface area contributed by atoms with Gasteiger partial charge in [-0.05, 0) is 89.6 Å². The average Bonchev–Trinajstić information content (AvgIpc) is 3.49. The fraction of sp³-hybridized carbons (Fsp3) is 0.488. The molecule has 0 aliphatic carbocycles. The first-order valence-electron chi connectivity index (χ1n) is 17.8. The Morgan fingerprint density at radius 3 is 2.25 bits per heavy atom. The summed E-state index contributed by atoms with van der Waals surface area (Å²) in [6, 6.07) is 25.1. The van der Waals surface area contributed by atoms with E-state index in [1.165, 1.54) is 0 Å². The number of aryl methyl sites for hydroxylation is 1. The average molecular weight is 706 g/mol. The number of carbonyl (C=O) groups excluding carboxylic acids is 1. The minimum atomic E-state index is -0.513. The fourth-order valence-electron chi connectivity index (χ4n) is 4.76. The first kappa shape index (κ1) is 41.5. The number of nitrogens with one attached hydrogen (secondary N) is 3. The number of benzene rings is 3. The second-order valence-electron chi connectivity index (χ2n) is 14.1. The molecule has 10 heteroatoms. The summed E-state index contributed by atoms with van der Waals surface area (Å²) in [4.78, 5) is 15.8. The molecule has 4 N–H and O–H groups in total. The van der Waals surface area contributed by atoms with E-state index in [2.05, 4.69) is 42.5 Å². The Morgan fingerprint density at radius 1 is 0.863 bits per heavy atom. The monoisotopic (exact) mass is 705 g/mol. The van der Waals surface area contributed by atoms with Crippen molar-refractivity contribution in [2.24, 2.45) is 0 Å². The molecule has 4 rings (SSSR count). The van der Waals surface area contributed by atoms with Gasteiger partial charge in [-0.25, -0.2) is 4.79 Å². The zero-order valence-electron chi connectivity index (χ0n) is 31.7. The van der Waals surface area contributed by atoms with Crippen LogP contribution in [0, 0.1) is 6.92 Å². The second kappa shape index (κ2) is 21.4. The third-order valence-electron chi connectivity index (χ3n) is 7.40. The zero-order valence-corrected chi connectivity index (χ0v) is 31.7. The summed E-state index contributed by atoms with van der Waals surface area (Å²) in [6.07, 6.45) is -0.690. The number of carbonyl (C=O) groups is 1. The Labute approximate surface area is 304 Å². The van der Waals surface area contributed by atoms with E-state index in [-0.39, 0.29) is 30.8 Å². The topological polar surface area (TPSA) is 123 Å². The molecule has 0 bridgehead atoms. The SMILES string of the molecule is CC(C)NCC(O)COc1ccc(COCCOC(C)C)cc1.Cc1cc2c(OCC(CNC(C)(C)C)OC(=O)c3ccccc3)cccc2[nH]1. The Balaban J connectivity index is 0.000000282. The summed E-state index contributed by atoms with van der Waals surface area (Å²) in [5.74, 6) is 1.18. The molecule has 1 aromatic heterocycles. The van der Waals surface area contributed by atoms with Gasteiger partial charge in [0.1, 0.15) is 36.9 Å². The molecule has 0 radical (unpaired) electrons. The van der Waals surface area contributed by atoms with Crippen molar-refractivity contribution in [3.8, 4) is 11.5 Å². The molecule has 0 saturated carbocycles. The zero-order chi connectivity index (χ0) is 37.2. The van der Waals surface area contributed by atoms with Gasteiger partial charge in [-0.1, -0.05) is 50.2 Å². The first-order valence-corrected chi connectivity index (χ1v) is 17.8. The van der Waals surface area contributed by atoms with E-state index < -0.39 is 12.2 Å². The highest BCUT2D eigenvalue weighted by atomic mass is 16.6. The minimum Gasteiger partial charge on any atom is -0.491 e. The van der Waals surface area contributed by atoms with E-state index in [0.717, 1.165) is 33.7 Å². The number of hydrogen-bond donors (Lipinski definition) is 4. The standard InChI is InChI=1S/C23H28N2O3.C18H31NO4/c1-16-13-19-20(25-16)11-8-12-21(19)27-15-18(14-24-23(2,3)4)28-22(26)17-9-6-5-7-10-17;1-14(2)19-11-17(20)13-23-18-7-5-16(6-8-18)12-21-9-10-22-15(3)4/h5-13,18,24-25H,14-15H2,1-4H3;5-8,14-15,17,19-20H,9-13H2,1-4H3. The van der Waals surface area contributed by atoms with Crippen LogP contribution in [0.1, 0.15) is 70.1 Å². The van der Waals surface area contributed by atoms with Crippen LogP contribution in [0.4, 0.5) is 0 Å². The largest absolute Gasteiger partial charge is 0.491 e. The molecular formula is C41H59N3O7. The van der Waals surface area contributed by atoms with Gasteiger partial charge in [-0.3, -0.25) is 0 Å². The Morgan fingerprint density at radius 2 is 1.59 bits per heavy atom. The third-order valence-corrected chi connectivity index (χ3v) is 7.40. The Bertz CT molecular complexity index is 1550. The number of H-pyrrole nitrogens is 1. The van der Waals surface area contributed by atoms with E-state index in [9.17, 15) is 9.90 Å². The highest BCUT2D eigenvalue weighted by Gasteiger charge is 2.20. The lowest BCUT2D eigenvalue weighted by molar-refractivity contribution is 0.0143. The van der Waals surface area contributed by atoms with Gasteiger partial charge in [0.15, 0.2) is 0 Å². The van der Waals surface area contributed by atoms with Crippen molar-refractivity contribution in [2.75, 3.05) is 39.5 Å². The van der Waals surface area contributed by atoms with Crippen molar-refractivity contribution in [3.63, 3.8) is 0 Å². The lowest BCUT2D eigenvalue weighted by atomic mass is 10.1. The number of aromatic amines is 1. The molecular weight excluding hydrogens is 646 g/mol. The van der Waals surface area contributed by atoms with E-state index in [1.54, 1.807) is 12.1 Å². The molecule has 3 aromatic carbocycles. The lowest BCUT2D eigenvalue weighted by Gasteiger charge is -2.25. The van der Waals surface area contributed by atoms with Crippen LogP contribution in [0.2, 0.25) is 0 Å². The van der Waals surface area contributed by atoms with Crippen LogP contribution in [0.3, 0.4) is 0 Å².